The van der Waals surface area contributed by atoms with Crippen molar-refractivity contribution in [2.24, 2.45) is 0 Å². The second-order valence-corrected chi connectivity index (χ2v) is 6.42. The Hall–Kier alpha value is -0.120. The zero-order valence-corrected chi connectivity index (χ0v) is 14.7. The maximum atomic E-state index is 8.78. The van der Waals surface area contributed by atoms with Gasteiger partial charge in [0.15, 0.2) is 0 Å². The minimum absolute atomic E-state index is 0.274. The van der Waals surface area contributed by atoms with Gasteiger partial charge in [-0.3, -0.25) is 0 Å². The fourth-order valence-corrected chi connectivity index (χ4v) is 2.98. The molecule has 0 heterocycles. The van der Waals surface area contributed by atoms with Crippen LogP contribution in [0.4, 0.5) is 0 Å². The molecule has 0 atom stereocenters. The third-order valence-corrected chi connectivity index (χ3v) is 4.42. The molecule has 0 fully saturated rings. The normalized spacial score (nSPS) is 12.0. The van der Waals surface area contributed by atoms with E-state index in [1.165, 1.54) is 44.9 Å². The van der Waals surface area contributed by atoms with Crippen molar-refractivity contribution in [1.29, 1.82) is 0 Å². The zero-order valence-electron chi connectivity index (χ0n) is 14.7. The quantitative estimate of drug-likeness (QED) is 0.197. The summed E-state index contributed by atoms with van der Waals surface area (Å²) in [6.07, 6.45) is 16.7. The number of rotatable bonds is 16. The summed E-state index contributed by atoms with van der Waals surface area (Å²) >= 11 is 0. The average Bonchev–Trinajstić information content (AvgIpc) is 2.50. The van der Waals surface area contributed by atoms with Crippen LogP contribution < -0.4 is 0 Å². The molecule has 0 saturated carbocycles. The Morgan fingerprint density at radius 1 is 0.619 bits per heavy atom. The highest BCUT2D eigenvalue weighted by Crippen LogP contribution is 2.32. The molecule has 0 amide bonds. The van der Waals surface area contributed by atoms with E-state index in [4.69, 9.17) is 10.1 Å². The van der Waals surface area contributed by atoms with Crippen molar-refractivity contribution in [3.63, 3.8) is 0 Å². The van der Waals surface area contributed by atoms with Crippen LogP contribution in [0.2, 0.25) is 0 Å². The molecule has 0 aliphatic carbocycles. The van der Waals surface area contributed by atoms with Crippen molar-refractivity contribution < 1.29 is 15.2 Å². The summed E-state index contributed by atoms with van der Waals surface area (Å²) in [5.74, 6) is 0. The monoisotopic (exact) mass is 302 g/mol. The van der Waals surface area contributed by atoms with Gasteiger partial charge in [-0.05, 0) is 19.3 Å². The summed E-state index contributed by atoms with van der Waals surface area (Å²) < 4.78 is 0. The molecule has 3 nitrogen and oxygen atoms in total. The average molecular weight is 302 g/mol. The predicted octanol–water partition coefficient (Wildman–Crippen LogP) is 6.67. The van der Waals surface area contributed by atoms with Crippen LogP contribution in [0.1, 0.15) is 111 Å². The fourth-order valence-electron chi connectivity index (χ4n) is 2.98. The second-order valence-electron chi connectivity index (χ2n) is 6.42. The van der Waals surface area contributed by atoms with Crippen LogP contribution in [0.25, 0.3) is 0 Å². The molecular formula is C18H38O3. The van der Waals surface area contributed by atoms with Gasteiger partial charge in [0.1, 0.15) is 5.60 Å². The van der Waals surface area contributed by atoms with Crippen LogP contribution in [0, 0.1) is 0 Å². The zero-order chi connectivity index (χ0) is 15.8. The molecule has 1 N–H and O–H groups in total. The molecule has 0 aliphatic rings. The van der Waals surface area contributed by atoms with E-state index in [2.05, 4.69) is 25.8 Å². The van der Waals surface area contributed by atoms with E-state index in [0.717, 1.165) is 44.9 Å². The topological polar surface area (TPSA) is 38.7 Å². The van der Waals surface area contributed by atoms with E-state index in [1.54, 1.807) is 0 Å². The third-order valence-electron chi connectivity index (χ3n) is 4.42. The van der Waals surface area contributed by atoms with Crippen molar-refractivity contribution in [2.75, 3.05) is 0 Å². The first-order valence-electron chi connectivity index (χ1n) is 9.24. The van der Waals surface area contributed by atoms with Crippen LogP contribution >= 0.6 is 0 Å². The van der Waals surface area contributed by atoms with Crippen molar-refractivity contribution in [2.45, 2.75) is 116 Å². The highest BCUT2D eigenvalue weighted by Gasteiger charge is 2.31. The van der Waals surface area contributed by atoms with E-state index in [1.807, 2.05) is 0 Å². The SMILES string of the molecule is CCCCCCCCCC(CCCC)(CCCC)OOO. The molecule has 0 saturated heterocycles. The summed E-state index contributed by atoms with van der Waals surface area (Å²) in [4.78, 5) is 5.33. The van der Waals surface area contributed by atoms with E-state index >= 15 is 0 Å². The lowest BCUT2D eigenvalue weighted by Gasteiger charge is -2.31. The van der Waals surface area contributed by atoms with Crippen molar-refractivity contribution >= 4 is 0 Å². The number of hydrogen-bond acceptors (Lipinski definition) is 3. The van der Waals surface area contributed by atoms with E-state index in [9.17, 15) is 0 Å². The lowest BCUT2D eigenvalue weighted by Crippen LogP contribution is -2.32. The lowest BCUT2D eigenvalue weighted by molar-refractivity contribution is -0.528. The van der Waals surface area contributed by atoms with Gasteiger partial charge in [0, 0.05) is 0 Å². The minimum Gasteiger partial charge on any atom is -0.221 e. The molecule has 21 heavy (non-hydrogen) atoms. The minimum atomic E-state index is -0.274. The van der Waals surface area contributed by atoms with Gasteiger partial charge in [0.05, 0.1) is 0 Å². The van der Waals surface area contributed by atoms with E-state index in [0.29, 0.717) is 0 Å². The second kappa shape index (κ2) is 14.8. The van der Waals surface area contributed by atoms with Gasteiger partial charge in [0.2, 0.25) is 0 Å². The van der Waals surface area contributed by atoms with Gasteiger partial charge in [-0.2, -0.15) is 4.89 Å². The maximum Gasteiger partial charge on any atom is 0.107 e. The van der Waals surface area contributed by atoms with Gasteiger partial charge >= 0.3 is 0 Å². The summed E-state index contributed by atoms with van der Waals surface area (Å²) in [5, 5.41) is 12.9. The lowest BCUT2D eigenvalue weighted by atomic mass is 9.85. The summed E-state index contributed by atoms with van der Waals surface area (Å²) in [5.41, 5.74) is -0.274. The summed E-state index contributed by atoms with van der Waals surface area (Å²) in [6.45, 7) is 6.64. The first kappa shape index (κ1) is 20.9. The Balaban J connectivity index is 4.10. The molecule has 0 unspecified atom stereocenters. The standard InChI is InChI=1S/C18H38O3/c1-4-7-10-11-12-13-14-17-18(20-21-19,15-8-5-2)16-9-6-3/h19H,4-17H2,1-3H3. The first-order chi connectivity index (χ1) is 10.2. The van der Waals surface area contributed by atoms with Gasteiger partial charge in [-0.15, -0.1) is 0 Å². The van der Waals surface area contributed by atoms with E-state index in [-0.39, 0.29) is 5.60 Å². The van der Waals surface area contributed by atoms with Crippen molar-refractivity contribution in [3.05, 3.63) is 0 Å². The third kappa shape index (κ3) is 11.1. The van der Waals surface area contributed by atoms with Gasteiger partial charge in [-0.25, -0.2) is 5.26 Å². The maximum absolute atomic E-state index is 8.78. The number of hydrogen-bond donors (Lipinski definition) is 1. The molecule has 0 aliphatic heterocycles. The molecule has 0 rings (SSSR count). The van der Waals surface area contributed by atoms with Crippen LogP contribution in [0.3, 0.4) is 0 Å². The Morgan fingerprint density at radius 3 is 1.52 bits per heavy atom. The molecule has 0 spiro atoms. The molecule has 0 aromatic carbocycles. The van der Waals surface area contributed by atoms with Crippen LogP contribution in [0.5, 0.6) is 0 Å². The van der Waals surface area contributed by atoms with Gasteiger partial charge in [-0.1, -0.05) is 96.4 Å². The Morgan fingerprint density at radius 2 is 1.05 bits per heavy atom. The first-order valence-corrected chi connectivity index (χ1v) is 9.24. The molecule has 0 aromatic heterocycles. The van der Waals surface area contributed by atoms with E-state index < -0.39 is 0 Å². The highest BCUT2D eigenvalue weighted by molar-refractivity contribution is 4.79. The van der Waals surface area contributed by atoms with Gasteiger partial charge < -0.3 is 0 Å². The molecule has 128 valence electrons. The Kier molecular flexibility index (Phi) is 14.7. The van der Waals surface area contributed by atoms with Crippen LogP contribution in [-0.4, -0.2) is 10.9 Å². The van der Waals surface area contributed by atoms with Crippen molar-refractivity contribution in [3.8, 4) is 0 Å². The largest absolute Gasteiger partial charge is 0.221 e. The molecule has 0 aromatic rings. The molecule has 3 heteroatoms. The predicted molar refractivity (Wildman–Crippen MR) is 89.2 cm³/mol. The Bertz CT molecular complexity index is 199. The van der Waals surface area contributed by atoms with Crippen molar-refractivity contribution in [1.82, 2.24) is 0 Å². The molecule has 0 bridgehead atoms. The molecule has 0 radical (unpaired) electrons. The highest BCUT2D eigenvalue weighted by atomic mass is 17.5. The van der Waals surface area contributed by atoms with Crippen LogP contribution in [0.15, 0.2) is 0 Å². The molecular weight excluding hydrogens is 264 g/mol. The smallest absolute Gasteiger partial charge is 0.107 e. The summed E-state index contributed by atoms with van der Waals surface area (Å²) in [7, 11) is 0. The van der Waals surface area contributed by atoms with Crippen LogP contribution in [-0.2, 0) is 9.93 Å². The Labute approximate surface area is 132 Å². The number of unbranched alkanes of at least 4 members (excludes halogenated alkanes) is 8. The van der Waals surface area contributed by atoms with Gasteiger partial charge in [0.25, 0.3) is 0 Å². The fraction of sp³-hybridized carbons (Fsp3) is 1.00. The summed E-state index contributed by atoms with van der Waals surface area (Å²) in [6, 6.07) is 0.